The third kappa shape index (κ3) is 3.15. The van der Waals surface area contributed by atoms with Gasteiger partial charge in [0.1, 0.15) is 16.8 Å². The Labute approximate surface area is 110 Å². The molecule has 0 saturated carbocycles. The number of nitrogens with one attached hydrogen (secondary N) is 2. The Bertz CT molecular complexity index is 688. The summed E-state index contributed by atoms with van der Waals surface area (Å²) in [6.45, 7) is 0.190. The molecule has 0 unspecified atom stereocenters. The van der Waals surface area contributed by atoms with Gasteiger partial charge in [-0.15, -0.1) is 0 Å². The average Bonchev–Trinajstić information content (AvgIpc) is 2.91. The molecule has 2 aromatic rings. The number of hydrogen-bond acceptors (Lipinski definition) is 5. The molecule has 2 N–H and O–H groups in total. The Morgan fingerprint density at radius 3 is 2.89 bits per heavy atom. The van der Waals surface area contributed by atoms with E-state index in [4.69, 9.17) is 5.26 Å². The smallest absolute Gasteiger partial charge is 0.243 e. The highest BCUT2D eigenvalue weighted by molar-refractivity contribution is 7.89. The van der Waals surface area contributed by atoms with Gasteiger partial charge in [0.15, 0.2) is 5.69 Å². The van der Waals surface area contributed by atoms with Crippen LogP contribution in [0.25, 0.3) is 0 Å². The maximum absolute atomic E-state index is 12.0. The van der Waals surface area contributed by atoms with E-state index in [1.807, 2.05) is 0 Å². The first-order valence-corrected chi connectivity index (χ1v) is 6.95. The number of pyridine rings is 1. The molecule has 0 bridgehead atoms. The predicted octanol–water partition coefficient (Wildman–Crippen LogP) is 0.197. The molecule has 0 spiro atoms. The highest BCUT2D eigenvalue weighted by Gasteiger charge is 2.18. The first kappa shape index (κ1) is 13.2. The molecular weight excluding hydrogens is 266 g/mol. The van der Waals surface area contributed by atoms with Crippen molar-refractivity contribution in [2.45, 2.75) is 11.3 Å². The minimum atomic E-state index is -3.73. The molecule has 19 heavy (non-hydrogen) atoms. The molecule has 8 heteroatoms. The lowest BCUT2D eigenvalue weighted by Gasteiger charge is -2.06. The first-order valence-electron chi connectivity index (χ1n) is 5.46. The summed E-state index contributed by atoms with van der Waals surface area (Å²) < 4.78 is 26.4. The molecule has 0 fully saturated rings. The number of hydrogen-bond donors (Lipinski definition) is 2. The highest BCUT2D eigenvalue weighted by atomic mass is 32.2. The summed E-state index contributed by atoms with van der Waals surface area (Å²) in [6.07, 6.45) is 5.08. The second kappa shape index (κ2) is 5.60. The molecule has 0 aromatic carbocycles. The summed E-state index contributed by atoms with van der Waals surface area (Å²) in [5, 5.41) is 8.84. The van der Waals surface area contributed by atoms with E-state index in [9.17, 15) is 8.42 Å². The summed E-state index contributed by atoms with van der Waals surface area (Å²) in [5.41, 5.74) is -0.118. The van der Waals surface area contributed by atoms with E-state index in [2.05, 4.69) is 19.7 Å². The number of sulfonamides is 1. The van der Waals surface area contributed by atoms with Gasteiger partial charge in [-0.3, -0.25) is 0 Å². The van der Waals surface area contributed by atoms with Crippen molar-refractivity contribution in [3.63, 3.8) is 0 Å². The molecule has 0 aliphatic heterocycles. The van der Waals surface area contributed by atoms with Crippen molar-refractivity contribution in [3.05, 3.63) is 42.2 Å². The molecule has 0 saturated heterocycles. The summed E-state index contributed by atoms with van der Waals surface area (Å²) in [6, 6.07) is 4.58. The van der Waals surface area contributed by atoms with Gasteiger partial charge in [-0.05, 0) is 12.1 Å². The zero-order valence-electron chi connectivity index (χ0n) is 9.87. The molecule has 0 amide bonds. The minimum Gasteiger partial charge on any atom is -0.349 e. The fraction of sp³-hybridized carbons (Fsp3) is 0.182. The van der Waals surface area contributed by atoms with Crippen molar-refractivity contribution in [2.75, 3.05) is 6.54 Å². The van der Waals surface area contributed by atoms with Crippen molar-refractivity contribution >= 4 is 10.0 Å². The lowest BCUT2D eigenvalue weighted by Crippen LogP contribution is -2.27. The van der Waals surface area contributed by atoms with Gasteiger partial charge in [0.05, 0.1) is 0 Å². The van der Waals surface area contributed by atoms with Crippen LogP contribution in [0.1, 0.15) is 11.5 Å². The molecule has 0 radical (unpaired) electrons. The Hall–Kier alpha value is -2.24. The molecular formula is C11H11N5O2S. The van der Waals surface area contributed by atoms with Crippen LogP contribution < -0.4 is 4.72 Å². The Morgan fingerprint density at radius 1 is 1.37 bits per heavy atom. The van der Waals surface area contributed by atoms with Gasteiger partial charge in [0.2, 0.25) is 10.0 Å². The van der Waals surface area contributed by atoms with E-state index < -0.39 is 10.0 Å². The standard InChI is InChI=1S/C11H11N5O2S/c12-8-9-10(2-1-4-13-9)19(17,18)16-5-3-11-14-6-7-15-11/h1-2,4,6-7,16H,3,5H2,(H,14,15). The summed E-state index contributed by atoms with van der Waals surface area (Å²) >= 11 is 0. The quantitative estimate of drug-likeness (QED) is 0.810. The lowest BCUT2D eigenvalue weighted by molar-refractivity contribution is 0.580. The van der Waals surface area contributed by atoms with Crippen LogP contribution in [0.2, 0.25) is 0 Å². The zero-order chi connectivity index (χ0) is 13.7. The second-order valence-electron chi connectivity index (χ2n) is 3.65. The number of imidazole rings is 1. The minimum absolute atomic E-state index is 0.114. The molecule has 2 heterocycles. The van der Waals surface area contributed by atoms with Gasteiger partial charge < -0.3 is 4.98 Å². The maximum atomic E-state index is 12.0. The topological polar surface area (TPSA) is 112 Å². The number of nitriles is 1. The summed E-state index contributed by atoms with van der Waals surface area (Å²) in [7, 11) is -3.73. The highest BCUT2D eigenvalue weighted by Crippen LogP contribution is 2.11. The molecule has 2 aromatic heterocycles. The number of rotatable bonds is 5. The fourth-order valence-corrected chi connectivity index (χ4v) is 2.64. The van der Waals surface area contributed by atoms with Crippen molar-refractivity contribution in [3.8, 4) is 6.07 Å². The van der Waals surface area contributed by atoms with Gasteiger partial charge in [-0.1, -0.05) is 0 Å². The monoisotopic (exact) mass is 277 g/mol. The van der Waals surface area contributed by atoms with E-state index in [0.29, 0.717) is 12.2 Å². The van der Waals surface area contributed by atoms with E-state index in [-0.39, 0.29) is 17.1 Å². The average molecular weight is 277 g/mol. The fourth-order valence-electron chi connectivity index (χ4n) is 1.51. The first-order chi connectivity index (χ1) is 9.13. The van der Waals surface area contributed by atoms with Crippen molar-refractivity contribution in [1.29, 1.82) is 5.26 Å². The predicted molar refractivity (Wildman–Crippen MR) is 66.4 cm³/mol. The summed E-state index contributed by atoms with van der Waals surface area (Å²) in [4.78, 5) is 10.5. The number of aromatic nitrogens is 3. The van der Waals surface area contributed by atoms with Crippen LogP contribution in [-0.4, -0.2) is 29.9 Å². The van der Waals surface area contributed by atoms with Crippen LogP contribution in [0, 0.1) is 11.3 Å². The van der Waals surface area contributed by atoms with Gasteiger partial charge in [-0.25, -0.2) is 23.1 Å². The van der Waals surface area contributed by atoms with Crippen LogP contribution in [0.15, 0.2) is 35.6 Å². The zero-order valence-corrected chi connectivity index (χ0v) is 10.7. The Kier molecular flexibility index (Phi) is 3.89. The number of H-pyrrole nitrogens is 1. The number of nitrogens with zero attached hydrogens (tertiary/aromatic N) is 3. The Balaban J connectivity index is 2.08. The van der Waals surface area contributed by atoms with Crippen LogP contribution in [0.5, 0.6) is 0 Å². The van der Waals surface area contributed by atoms with Crippen LogP contribution in [0.4, 0.5) is 0 Å². The van der Waals surface area contributed by atoms with Crippen molar-refractivity contribution < 1.29 is 8.42 Å². The van der Waals surface area contributed by atoms with Crippen LogP contribution >= 0.6 is 0 Å². The van der Waals surface area contributed by atoms with Crippen molar-refractivity contribution in [1.82, 2.24) is 19.7 Å². The molecule has 7 nitrogen and oxygen atoms in total. The molecule has 2 rings (SSSR count). The SMILES string of the molecule is N#Cc1ncccc1S(=O)(=O)NCCc1ncc[nH]1. The molecule has 0 aliphatic rings. The Morgan fingerprint density at radius 2 is 2.21 bits per heavy atom. The normalized spacial score (nSPS) is 11.1. The molecule has 0 atom stereocenters. The van der Waals surface area contributed by atoms with E-state index in [1.54, 1.807) is 18.5 Å². The third-order valence-corrected chi connectivity index (χ3v) is 3.87. The van der Waals surface area contributed by atoms with Crippen LogP contribution in [0.3, 0.4) is 0 Å². The number of aromatic amines is 1. The molecule has 98 valence electrons. The summed E-state index contributed by atoms with van der Waals surface area (Å²) in [5.74, 6) is 0.689. The lowest BCUT2D eigenvalue weighted by atomic mass is 10.4. The van der Waals surface area contributed by atoms with Gasteiger partial charge in [0.25, 0.3) is 0 Å². The molecule has 0 aliphatic carbocycles. The van der Waals surface area contributed by atoms with Crippen molar-refractivity contribution in [2.24, 2.45) is 0 Å². The van der Waals surface area contributed by atoms with Gasteiger partial charge in [0, 0.05) is 31.6 Å². The van der Waals surface area contributed by atoms with Gasteiger partial charge in [-0.2, -0.15) is 5.26 Å². The van der Waals surface area contributed by atoms with Crippen LogP contribution in [-0.2, 0) is 16.4 Å². The maximum Gasteiger partial charge on any atom is 0.243 e. The second-order valence-corrected chi connectivity index (χ2v) is 5.38. The largest absolute Gasteiger partial charge is 0.349 e. The van der Waals surface area contributed by atoms with E-state index in [0.717, 1.165) is 0 Å². The van der Waals surface area contributed by atoms with Gasteiger partial charge >= 0.3 is 0 Å². The van der Waals surface area contributed by atoms with E-state index in [1.165, 1.54) is 18.3 Å². The van der Waals surface area contributed by atoms with E-state index >= 15 is 0 Å². The third-order valence-electron chi connectivity index (χ3n) is 2.37.